The molecule has 0 heterocycles. The van der Waals surface area contributed by atoms with E-state index in [1.165, 1.54) is 22.3 Å². The molecule has 24 heavy (non-hydrogen) atoms. The molecule has 2 rings (SSSR count). The van der Waals surface area contributed by atoms with Crippen LogP contribution in [0.2, 0.25) is 39.3 Å². The average Bonchev–Trinajstić information content (AvgIpc) is 2.45. The molecule has 0 saturated carbocycles. The highest BCUT2D eigenvalue weighted by atomic mass is 28.4. The Kier molecular flexibility index (Phi) is 5.50. The van der Waals surface area contributed by atoms with Crippen LogP contribution in [0.15, 0.2) is 35.4 Å². The van der Waals surface area contributed by atoms with E-state index in [1.54, 1.807) is 0 Å². The quantitative estimate of drug-likeness (QED) is 0.560. The van der Waals surface area contributed by atoms with Crippen LogP contribution < -0.4 is 0 Å². The van der Waals surface area contributed by atoms with Crippen molar-refractivity contribution in [2.45, 2.75) is 66.0 Å². The first-order chi connectivity index (χ1) is 11.0. The predicted molar refractivity (Wildman–Crippen MR) is 110 cm³/mol. The van der Waals surface area contributed by atoms with Crippen LogP contribution in [0.4, 0.5) is 0 Å². The Balaban J connectivity index is 2.63. The van der Waals surface area contributed by atoms with Crippen LogP contribution in [-0.2, 0) is 8.85 Å². The summed E-state index contributed by atoms with van der Waals surface area (Å²) in [6.07, 6.45) is 2.05. The lowest BCUT2D eigenvalue weighted by atomic mass is 9.93. The predicted octanol–water partition coefficient (Wildman–Crippen LogP) is 6.65. The Labute approximate surface area is 149 Å². The fourth-order valence-corrected chi connectivity index (χ4v) is 4.63. The number of fused-ring (bicyclic) bond motifs is 1. The summed E-state index contributed by atoms with van der Waals surface area (Å²) in [7, 11) is -3.37. The number of benzene rings is 1. The number of hydrogen-bond acceptors (Lipinski definition) is 2. The molecule has 4 heteroatoms. The Morgan fingerprint density at radius 1 is 0.667 bits per heavy atom. The highest BCUT2D eigenvalue weighted by Gasteiger charge is 2.27. The fraction of sp³-hybridized carbons (Fsp3) is 0.500. The van der Waals surface area contributed by atoms with E-state index in [0.29, 0.717) is 0 Å². The smallest absolute Gasteiger partial charge is 0.242 e. The van der Waals surface area contributed by atoms with Crippen molar-refractivity contribution in [3.8, 4) is 0 Å². The van der Waals surface area contributed by atoms with Gasteiger partial charge in [0.1, 0.15) is 11.5 Å². The molecule has 1 aromatic rings. The molecular formula is C20H32O2Si2. The van der Waals surface area contributed by atoms with Gasteiger partial charge >= 0.3 is 0 Å². The van der Waals surface area contributed by atoms with E-state index in [4.69, 9.17) is 8.85 Å². The molecule has 0 unspecified atom stereocenters. The van der Waals surface area contributed by atoms with Gasteiger partial charge in [-0.1, -0.05) is 24.3 Å². The zero-order valence-electron chi connectivity index (χ0n) is 16.5. The third-order valence-electron chi connectivity index (χ3n) is 3.88. The van der Waals surface area contributed by atoms with Crippen molar-refractivity contribution in [2.75, 3.05) is 0 Å². The average molecular weight is 361 g/mol. The van der Waals surface area contributed by atoms with Gasteiger partial charge in [0.15, 0.2) is 0 Å². The minimum atomic E-state index is -1.69. The Bertz CT molecular complexity index is 615. The van der Waals surface area contributed by atoms with E-state index in [-0.39, 0.29) is 0 Å². The van der Waals surface area contributed by atoms with E-state index >= 15 is 0 Å². The van der Waals surface area contributed by atoms with E-state index < -0.39 is 16.6 Å². The second-order valence-electron chi connectivity index (χ2n) is 8.69. The summed E-state index contributed by atoms with van der Waals surface area (Å²) in [5.74, 6) is 2.16. The molecule has 1 aliphatic carbocycles. The van der Waals surface area contributed by atoms with Gasteiger partial charge in [-0.05, 0) is 77.1 Å². The Hall–Kier alpha value is -1.27. The SMILES string of the molecule is CC1=C(O[Si](C)(C)C)c2ccccc2C(O[Si](C)(C)C)=C(C)CC1. The lowest BCUT2D eigenvalue weighted by Gasteiger charge is -2.30. The zero-order valence-corrected chi connectivity index (χ0v) is 18.5. The zero-order chi connectivity index (χ0) is 18.1. The largest absolute Gasteiger partial charge is 0.544 e. The van der Waals surface area contributed by atoms with E-state index in [2.05, 4.69) is 77.4 Å². The standard InChI is InChI=1S/C20H32O2Si2/c1-15-13-14-16(2)20(22-24(6,7)8)18-12-10-9-11-17(18)19(15)21-23(3,4)5/h9-12H,13-14H2,1-8H3. The fourth-order valence-electron chi connectivity index (χ4n) is 2.84. The van der Waals surface area contributed by atoms with Gasteiger partial charge in [-0.3, -0.25) is 0 Å². The van der Waals surface area contributed by atoms with Crippen molar-refractivity contribution in [3.05, 3.63) is 46.5 Å². The maximum absolute atomic E-state index is 6.52. The van der Waals surface area contributed by atoms with Gasteiger partial charge in [-0.15, -0.1) is 0 Å². The van der Waals surface area contributed by atoms with Crippen molar-refractivity contribution in [1.82, 2.24) is 0 Å². The highest BCUT2D eigenvalue weighted by molar-refractivity contribution is 6.71. The molecule has 132 valence electrons. The molecule has 0 aliphatic heterocycles. The van der Waals surface area contributed by atoms with Gasteiger partial charge in [0.2, 0.25) is 16.6 Å². The van der Waals surface area contributed by atoms with Crippen LogP contribution in [0.1, 0.15) is 37.8 Å². The second-order valence-corrected chi connectivity index (χ2v) is 17.6. The summed E-state index contributed by atoms with van der Waals surface area (Å²) < 4.78 is 13.0. The van der Waals surface area contributed by atoms with Crippen LogP contribution in [0.25, 0.3) is 11.5 Å². The summed E-state index contributed by atoms with van der Waals surface area (Å²) in [6.45, 7) is 17.9. The van der Waals surface area contributed by atoms with Crippen LogP contribution >= 0.6 is 0 Å². The van der Waals surface area contributed by atoms with Crippen LogP contribution in [-0.4, -0.2) is 16.6 Å². The molecule has 0 saturated heterocycles. The second kappa shape index (κ2) is 6.92. The molecular weight excluding hydrogens is 328 g/mol. The van der Waals surface area contributed by atoms with Crippen molar-refractivity contribution in [1.29, 1.82) is 0 Å². The van der Waals surface area contributed by atoms with Gasteiger partial charge in [-0.2, -0.15) is 0 Å². The van der Waals surface area contributed by atoms with Gasteiger partial charge in [0, 0.05) is 11.1 Å². The van der Waals surface area contributed by atoms with Crippen molar-refractivity contribution < 1.29 is 8.85 Å². The number of rotatable bonds is 4. The van der Waals surface area contributed by atoms with Gasteiger partial charge in [-0.25, -0.2) is 0 Å². The molecule has 0 spiro atoms. The van der Waals surface area contributed by atoms with Gasteiger partial charge < -0.3 is 8.85 Å². The first-order valence-corrected chi connectivity index (χ1v) is 15.7. The van der Waals surface area contributed by atoms with Crippen molar-refractivity contribution in [3.63, 3.8) is 0 Å². The van der Waals surface area contributed by atoms with Gasteiger partial charge in [0.05, 0.1) is 0 Å². The number of allylic oxidation sites excluding steroid dienone is 2. The van der Waals surface area contributed by atoms with Gasteiger partial charge in [0.25, 0.3) is 0 Å². The third kappa shape index (κ3) is 4.87. The molecule has 1 aromatic carbocycles. The number of hydrogen-bond donors (Lipinski definition) is 0. The normalized spacial score (nSPS) is 16.5. The molecule has 0 amide bonds. The molecule has 0 atom stereocenters. The maximum Gasteiger partial charge on any atom is 0.242 e. The van der Waals surface area contributed by atoms with Crippen LogP contribution in [0.3, 0.4) is 0 Å². The molecule has 2 nitrogen and oxygen atoms in total. The minimum Gasteiger partial charge on any atom is -0.544 e. The summed E-state index contributed by atoms with van der Waals surface area (Å²) in [5.41, 5.74) is 5.06. The third-order valence-corrected chi connectivity index (χ3v) is 5.52. The Morgan fingerprint density at radius 3 is 1.29 bits per heavy atom. The maximum atomic E-state index is 6.52. The van der Waals surface area contributed by atoms with E-state index in [0.717, 1.165) is 24.4 Å². The minimum absolute atomic E-state index is 1.03. The molecule has 0 fully saturated rings. The summed E-state index contributed by atoms with van der Waals surface area (Å²) >= 11 is 0. The summed E-state index contributed by atoms with van der Waals surface area (Å²) in [6, 6.07) is 8.56. The molecule has 0 N–H and O–H groups in total. The van der Waals surface area contributed by atoms with E-state index in [9.17, 15) is 0 Å². The monoisotopic (exact) mass is 360 g/mol. The Morgan fingerprint density at radius 2 is 1.00 bits per heavy atom. The topological polar surface area (TPSA) is 18.5 Å². The summed E-state index contributed by atoms with van der Waals surface area (Å²) in [4.78, 5) is 0. The summed E-state index contributed by atoms with van der Waals surface area (Å²) in [5, 5.41) is 0. The molecule has 0 aromatic heterocycles. The lowest BCUT2D eigenvalue weighted by molar-refractivity contribution is 0.492. The lowest BCUT2D eigenvalue weighted by Crippen LogP contribution is -2.27. The van der Waals surface area contributed by atoms with E-state index in [1.807, 2.05) is 0 Å². The first kappa shape index (κ1) is 19.1. The molecule has 0 bridgehead atoms. The van der Waals surface area contributed by atoms with Crippen molar-refractivity contribution in [2.24, 2.45) is 0 Å². The highest BCUT2D eigenvalue weighted by Crippen LogP contribution is 2.38. The van der Waals surface area contributed by atoms with Crippen molar-refractivity contribution >= 4 is 28.2 Å². The first-order valence-electron chi connectivity index (χ1n) is 8.85. The van der Waals surface area contributed by atoms with Crippen LogP contribution in [0.5, 0.6) is 0 Å². The van der Waals surface area contributed by atoms with Crippen LogP contribution in [0, 0.1) is 0 Å². The molecule has 1 aliphatic rings. The molecule has 0 radical (unpaired) electrons.